The van der Waals surface area contributed by atoms with Gasteiger partial charge in [-0.2, -0.15) is 0 Å². The Morgan fingerprint density at radius 1 is 1.56 bits per heavy atom. The van der Waals surface area contributed by atoms with Gasteiger partial charge < -0.3 is 24.8 Å². The van der Waals surface area contributed by atoms with Gasteiger partial charge in [0.05, 0.1) is 24.7 Å². The van der Waals surface area contributed by atoms with Crippen LogP contribution >= 0.6 is 12.2 Å². The van der Waals surface area contributed by atoms with E-state index in [0.29, 0.717) is 11.3 Å². The third kappa shape index (κ3) is 2.45. The van der Waals surface area contributed by atoms with Gasteiger partial charge in [-0.15, -0.1) is 0 Å². The second-order valence-corrected chi connectivity index (χ2v) is 4.02. The fourth-order valence-electron chi connectivity index (χ4n) is 1.73. The summed E-state index contributed by atoms with van der Waals surface area (Å²) < 4.78 is 12.2. The molecule has 0 aliphatic heterocycles. The number of hydrogen-bond donors (Lipinski definition) is 2. The van der Waals surface area contributed by atoms with Crippen molar-refractivity contribution in [1.29, 1.82) is 0 Å². The Labute approximate surface area is 108 Å². The quantitative estimate of drug-likeness (QED) is 0.827. The highest BCUT2D eigenvalue weighted by atomic mass is 32.1. The summed E-state index contributed by atoms with van der Waals surface area (Å²) in [5.74, 6) is 0.749. The molecule has 6 nitrogen and oxygen atoms in total. The summed E-state index contributed by atoms with van der Waals surface area (Å²) >= 11 is 5.21. The number of fused-ring (bicyclic) bond motifs is 1. The van der Waals surface area contributed by atoms with Gasteiger partial charge in [-0.3, -0.25) is 0 Å². The molecule has 18 heavy (non-hydrogen) atoms. The topological polar surface area (TPSA) is 82.3 Å². The van der Waals surface area contributed by atoms with E-state index in [4.69, 9.17) is 27.4 Å². The number of nitrogens with zero attached hydrogens (tertiary/aromatic N) is 1. The van der Waals surface area contributed by atoms with Crippen molar-refractivity contribution < 1.29 is 14.3 Å². The highest BCUT2D eigenvalue weighted by Gasteiger charge is 2.06. The predicted molar refractivity (Wildman–Crippen MR) is 69.2 cm³/mol. The number of carbonyl (C=O) groups is 1. The molecular formula is C11H13N3O3S. The Hall–Kier alpha value is -2.02. The van der Waals surface area contributed by atoms with Crippen LogP contribution in [-0.4, -0.2) is 29.4 Å². The van der Waals surface area contributed by atoms with Gasteiger partial charge in [0.15, 0.2) is 4.77 Å². The maximum absolute atomic E-state index is 10.5. The molecule has 1 amide bonds. The van der Waals surface area contributed by atoms with Crippen LogP contribution in [-0.2, 0) is 11.3 Å². The van der Waals surface area contributed by atoms with Crippen LogP contribution in [0, 0.1) is 4.77 Å². The minimum Gasteiger partial charge on any atom is -0.497 e. The number of benzene rings is 1. The second-order valence-electron chi connectivity index (χ2n) is 3.63. The van der Waals surface area contributed by atoms with Gasteiger partial charge in [0, 0.05) is 6.07 Å². The first-order chi connectivity index (χ1) is 8.61. The molecule has 0 saturated heterocycles. The van der Waals surface area contributed by atoms with Crippen LogP contribution in [0.25, 0.3) is 11.0 Å². The van der Waals surface area contributed by atoms with E-state index in [2.05, 4.69) is 4.98 Å². The van der Waals surface area contributed by atoms with Crippen LogP contribution in [0.4, 0.5) is 4.79 Å². The van der Waals surface area contributed by atoms with Crippen LogP contribution in [0.1, 0.15) is 0 Å². The van der Waals surface area contributed by atoms with Crippen LogP contribution in [0.5, 0.6) is 5.75 Å². The van der Waals surface area contributed by atoms with Crippen molar-refractivity contribution in [3.63, 3.8) is 0 Å². The van der Waals surface area contributed by atoms with Crippen LogP contribution in [0.3, 0.4) is 0 Å². The average Bonchev–Trinajstić information content (AvgIpc) is 2.64. The van der Waals surface area contributed by atoms with Crippen molar-refractivity contribution in [2.75, 3.05) is 13.7 Å². The lowest BCUT2D eigenvalue weighted by molar-refractivity contribution is 0.152. The molecule has 0 radical (unpaired) electrons. The Morgan fingerprint density at radius 2 is 2.33 bits per heavy atom. The van der Waals surface area contributed by atoms with E-state index < -0.39 is 6.09 Å². The first-order valence-electron chi connectivity index (χ1n) is 5.30. The van der Waals surface area contributed by atoms with Crippen molar-refractivity contribution in [2.45, 2.75) is 6.54 Å². The summed E-state index contributed by atoms with van der Waals surface area (Å²) in [4.78, 5) is 13.6. The largest absolute Gasteiger partial charge is 0.497 e. The fraction of sp³-hybridized carbons (Fsp3) is 0.273. The highest BCUT2D eigenvalue weighted by Crippen LogP contribution is 2.20. The van der Waals surface area contributed by atoms with Crippen molar-refractivity contribution in [1.82, 2.24) is 9.55 Å². The number of amides is 1. The molecule has 0 atom stereocenters. The normalized spacial score (nSPS) is 10.5. The number of rotatable bonds is 4. The molecular weight excluding hydrogens is 254 g/mol. The number of nitrogens with one attached hydrogen (secondary N) is 1. The molecule has 0 spiro atoms. The molecule has 0 aliphatic carbocycles. The predicted octanol–water partition coefficient (Wildman–Crippen LogP) is 1.80. The Bertz CT molecular complexity index is 632. The van der Waals surface area contributed by atoms with Crippen molar-refractivity contribution in [2.24, 2.45) is 5.73 Å². The van der Waals surface area contributed by atoms with Crippen LogP contribution in [0.2, 0.25) is 0 Å². The summed E-state index contributed by atoms with van der Waals surface area (Å²) in [6.07, 6.45) is -0.789. The Kier molecular flexibility index (Phi) is 3.52. The average molecular weight is 267 g/mol. The van der Waals surface area contributed by atoms with Crippen LogP contribution < -0.4 is 10.5 Å². The van der Waals surface area contributed by atoms with E-state index >= 15 is 0 Å². The molecule has 96 valence electrons. The smallest absolute Gasteiger partial charge is 0.404 e. The number of aromatic amines is 1. The SMILES string of the molecule is COc1ccc2c(c1)[nH]c(=S)n2CCOC(N)=O. The van der Waals surface area contributed by atoms with Gasteiger partial charge in [-0.05, 0) is 24.4 Å². The molecule has 0 aliphatic rings. The Balaban J connectivity index is 2.30. The number of ether oxygens (including phenoxy) is 2. The third-order valence-corrected chi connectivity index (χ3v) is 2.86. The number of imidazole rings is 1. The molecule has 0 saturated carbocycles. The molecule has 0 unspecified atom stereocenters. The Morgan fingerprint density at radius 3 is 3.00 bits per heavy atom. The van der Waals surface area contributed by atoms with Gasteiger partial charge >= 0.3 is 6.09 Å². The zero-order valence-electron chi connectivity index (χ0n) is 9.80. The van der Waals surface area contributed by atoms with E-state index in [-0.39, 0.29) is 6.61 Å². The molecule has 0 bridgehead atoms. The number of carbonyl (C=O) groups excluding carboxylic acids is 1. The highest BCUT2D eigenvalue weighted by molar-refractivity contribution is 7.71. The first kappa shape index (κ1) is 12.4. The molecule has 0 fully saturated rings. The number of methoxy groups -OCH3 is 1. The van der Waals surface area contributed by atoms with Gasteiger partial charge in [-0.1, -0.05) is 0 Å². The summed E-state index contributed by atoms with van der Waals surface area (Å²) in [6.45, 7) is 0.636. The van der Waals surface area contributed by atoms with E-state index in [0.717, 1.165) is 16.8 Å². The first-order valence-corrected chi connectivity index (χ1v) is 5.71. The lowest BCUT2D eigenvalue weighted by atomic mass is 10.3. The van der Waals surface area contributed by atoms with Crippen molar-refractivity contribution in [3.8, 4) is 5.75 Å². The van der Waals surface area contributed by atoms with Gasteiger partial charge in [0.25, 0.3) is 0 Å². The van der Waals surface area contributed by atoms with E-state index in [9.17, 15) is 4.79 Å². The minimum atomic E-state index is -0.789. The van der Waals surface area contributed by atoms with Gasteiger partial charge in [0.2, 0.25) is 0 Å². The van der Waals surface area contributed by atoms with E-state index in [1.54, 1.807) is 7.11 Å². The van der Waals surface area contributed by atoms with E-state index in [1.165, 1.54) is 0 Å². The van der Waals surface area contributed by atoms with E-state index in [1.807, 2.05) is 22.8 Å². The number of primary amides is 1. The minimum absolute atomic E-state index is 0.183. The number of nitrogens with two attached hydrogens (primary N) is 1. The monoisotopic (exact) mass is 267 g/mol. The third-order valence-electron chi connectivity index (χ3n) is 2.54. The van der Waals surface area contributed by atoms with Gasteiger partial charge in [0.1, 0.15) is 12.4 Å². The number of hydrogen-bond acceptors (Lipinski definition) is 4. The molecule has 2 rings (SSSR count). The zero-order chi connectivity index (χ0) is 13.1. The standard InChI is InChI=1S/C11H13N3O3S/c1-16-7-2-3-9-8(6-7)13-11(18)14(9)4-5-17-10(12)15/h2-3,6H,4-5H2,1H3,(H2,12,15)(H,13,18). The summed E-state index contributed by atoms with van der Waals surface area (Å²) in [5.41, 5.74) is 6.70. The van der Waals surface area contributed by atoms with Crippen molar-refractivity contribution >= 4 is 29.3 Å². The van der Waals surface area contributed by atoms with Crippen LogP contribution in [0.15, 0.2) is 18.2 Å². The van der Waals surface area contributed by atoms with Gasteiger partial charge in [-0.25, -0.2) is 4.79 Å². The maximum Gasteiger partial charge on any atom is 0.404 e. The second kappa shape index (κ2) is 5.09. The fourth-order valence-corrected chi connectivity index (χ4v) is 2.03. The molecule has 2 aromatic rings. The van der Waals surface area contributed by atoms with Crippen molar-refractivity contribution in [3.05, 3.63) is 23.0 Å². The molecule has 7 heteroatoms. The maximum atomic E-state index is 10.5. The number of H-pyrrole nitrogens is 1. The summed E-state index contributed by atoms with van der Waals surface area (Å²) in [7, 11) is 1.60. The molecule has 1 heterocycles. The summed E-state index contributed by atoms with van der Waals surface area (Å²) in [5, 5.41) is 0. The number of aromatic nitrogens is 2. The zero-order valence-corrected chi connectivity index (χ0v) is 10.6. The molecule has 1 aromatic heterocycles. The lowest BCUT2D eigenvalue weighted by Crippen LogP contribution is -2.16. The molecule has 3 N–H and O–H groups in total. The lowest BCUT2D eigenvalue weighted by Gasteiger charge is -2.05. The summed E-state index contributed by atoms with van der Waals surface area (Å²) in [6, 6.07) is 5.59. The molecule has 1 aromatic carbocycles.